The summed E-state index contributed by atoms with van der Waals surface area (Å²) in [6.45, 7) is 4.51. The number of pyridine rings is 1. The van der Waals surface area contributed by atoms with E-state index in [-0.39, 0.29) is 6.29 Å². The van der Waals surface area contributed by atoms with Crippen molar-refractivity contribution in [3.63, 3.8) is 0 Å². The quantitative estimate of drug-likeness (QED) is 0.797. The first-order valence-corrected chi connectivity index (χ1v) is 7.25. The van der Waals surface area contributed by atoms with E-state index in [0.717, 1.165) is 51.3 Å². The van der Waals surface area contributed by atoms with Crippen LogP contribution in [0.2, 0.25) is 5.15 Å². The molecule has 0 amide bonds. The third kappa shape index (κ3) is 3.26. The highest BCUT2D eigenvalue weighted by molar-refractivity contribution is 6.30. The summed E-state index contributed by atoms with van der Waals surface area (Å²) in [4.78, 5) is 6.55. The van der Waals surface area contributed by atoms with E-state index in [1.54, 1.807) is 6.20 Å². The molecule has 2 aliphatic rings. The van der Waals surface area contributed by atoms with E-state index in [9.17, 15) is 0 Å². The molecular formula is C14H19ClN2O2. The van der Waals surface area contributed by atoms with Gasteiger partial charge in [-0.05, 0) is 32.0 Å². The number of halogens is 1. The van der Waals surface area contributed by atoms with E-state index in [0.29, 0.717) is 11.1 Å². The molecule has 0 unspecified atom stereocenters. The molecule has 0 spiro atoms. The predicted molar refractivity (Wildman–Crippen MR) is 72.9 cm³/mol. The Bertz CT molecular complexity index is 416. The highest BCUT2D eigenvalue weighted by Crippen LogP contribution is 2.27. The third-order valence-corrected chi connectivity index (χ3v) is 4.24. The second-order valence-corrected chi connectivity index (χ2v) is 5.53. The molecule has 0 atom stereocenters. The summed E-state index contributed by atoms with van der Waals surface area (Å²) in [6, 6.07) is 3.98. The van der Waals surface area contributed by atoms with Gasteiger partial charge in [0.1, 0.15) is 5.15 Å². The van der Waals surface area contributed by atoms with E-state index < -0.39 is 0 Å². The van der Waals surface area contributed by atoms with Crippen molar-refractivity contribution in [2.24, 2.45) is 5.92 Å². The van der Waals surface area contributed by atoms with Crippen LogP contribution in [0.5, 0.6) is 0 Å². The van der Waals surface area contributed by atoms with Crippen molar-refractivity contribution in [3.05, 3.63) is 29.0 Å². The second-order valence-electron chi connectivity index (χ2n) is 5.18. The average molecular weight is 283 g/mol. The van der Waals surface area contributed by atoms with Gasteiger partial charge in [-0.25, -0.2) is 4.98 Å². The SMILES string of the molecule is Clc1ncccc1CN1CCC(C2OCCO2)CC1. The van der Waals surface area contributed by atoms with Crippen molar-refractivity contribution in [1.82, 2.24) is 9.88 Å². The fraction of sp³-hybridized carbons (Fsp3) is 0.643. The minimum atomic E-state index is 0.0316. The summed E-state index contributed by atoms with van der Waals surface area (Å²) < 4.78 is 11.2. The number of hydrogen-bond donors (Lipinski definition) is 0. The van der Waals surface area contributed by atoms with Crippen LogP contribution in [0.4, 0.5) is 0 Å². The predicted octanol–water partition coefficient (Wildman–Crippen LogP) is 2.32. The van der Waals surface area contributed by atoms with Crippen LogP contribution in [0.25, 0.3) is 0 Å². The van der Waals surface area contributed by atoms with Crippen LogP contribution in [0.1, 0.15) is 18.4 Å². The zero-order chi connectivity index (χ0) is 13.1. The molecule has 1 aromatic rings. The van der Waals surface area contributed by atoms with Gasteiger partial charge in [-0.3, -0.25) is 4.90 Å². The average Bonchev–Trinajstić information content (AvgIpc) is 2.96. The molecule has 0 radical (unpaired) electrons. The lowest BCUT2D eigenvalue weighted by atomic mass is 9.96. The Labute approximate surface area is 118 Å². The fourth-order valence-electron chi connectivity index (χ4n) is 2.81. The number of likely N-dealkylation sites (tertiary alicyclic amines) is 1. The van der Waals surface area contributed by atoms with Gasteiger partial charge in [0.15, 0.2) is 6.29 Å². The van der Waals surface area contributed by atoms with E-state index in [1.165, 1.54) is 0 Å². The highest BCUT2D eigenvalue weighted by atomic mass is 35.5. The van der Waals surface area contributed by atoms with Crippen molar-refractivity contribution in [3.8, 4) is 0 Å². The van der Waals surface area contributed by atoms with Gasteiger partial charge in [-0.2, -0.15) is 0 Å². The number of ether oxygens (including phenoxy) is 2. The second kappa shape index (κ2) is 6.18. The number of aromatic nitrogens is 1. The molecule has 1 aromatic heterocycles. The summed E-state index contributed by atoms with van der Waals surface area (Å²) in [6.07, 6.45) is 4.02. The van der Waals surface area contributed by atoms with Crippen molar-refractivity contribution in [1.29, 1.82) is 0 Å². The van der Waals surface area contributed by atoms with Gasteiger partial charge in [0.05, 0.1) is 13.2 Å². The Hall–Kier alpha value is -0.680. The Morgan fingerprint density at radius 2 is 2.00 bits per heavy atom. The molecule has 3 rings (SSSR count). The molecule has 0 N–H and O–H groups in total. The molecule has 104 valence electrons. The molecule has 0 saturated carbocycles. The Kier molecular flexibility index (Phi) is 4.33. The highest BCUT2D eigenvalue weighted by Gasteiger charge is 2.30. The normalized spacial score (nSPS) is 23.0. The van der Waals surface area contributed by atoms with Crippen LogP contribution in [-0.2, 0) is 16.0 Å². The number of piperidine rings is 1. The monoisotopic (exact) mass is 282 g/mol. The van der Waals surface area contributed by atoms with Crippen LogP contribution < -0.4 is 0 Å². The standard InChI is InChI=1S/C14H19ClN2O2/c15-13-12(2-1-5-16-13)10-17-6-3-11(4-7-17)14-18-8-9-19-14/h1-2,5,11,14H,3-4,6-10H2. The van der Waals surface area contributed by atoms with Gasteiger partial charge in [-0.15, -0.1) is 0 Å². The lowest BCUT2D eigenvalue weighted by Gasteiger charge is -2.33. The lowest BCUT2D eigenvalue weighted by molar-refractivity contribution is -0.0977. The van der Waals surface area contributed by atoms with E-state index in [4.69, 9.17) is 21.1 Å². The summed E-state index contributed by atoms with van der Waals surface area (Å²) in [7, 11) is 0. The minimum absolute atomic E-state index is 0.0316. The van der Waals surface area contributed by atoms with Crippen molar-refractivity contribution >= 4 is 11.6 Å². The third-order valence-electron chi connectivity index (χ3n) is 3.89. The molecule has 0 aromatic carbocycles. The summed E-state index contributed by atoms with van der Waals surface area (Å²) >= 11 is 6.10. The van der Waals surface area contributed by atoms with Gasteiger partial charge in [-0.1, -0.05) is 17.7 Å². The Morgan fingerprint density at radius 3 is 2.68 bits per heavy atom. The van der Waals surface area contributed by atoms with Crippen molar-refractivity contribution < 1.29 is 9.47 Å². The van der Waals surface area contributed by atoms with Crippen molar-refractivity contribution in [2.45, 2.75) is 25.7 Å². The molecular weight excluding hydrogens is 264 g/mol. The maximum absolute atomic E-state index is 6.10. The molecule has 4 nitrogen and oxygen atoms in total. The van der Waals surface area contributed by atoms with E-state index in [1.807, 2.05) is 12.1 Å². The van der Waals surface area contributed by atoms with Crippen molar-refractivity contribution in [2.75, 3.05) is 26.3 Å². The summed E-state index contributed by atoms with van der Waals surface area (Å²) in [5.74, 6) is 0.545. The molecule has 5 heteroatoms. The van der Waals surface area contributed by atoms with Gasteiger partial charge < -0.3 is 9.47 Å². The minimum Gasteiger partial charge on any atom is -0.350 e. The zero-order valence-electron chi connectivity index (χ0n) is 10.9. The number of hydrogen-bond acceptors (Lipinski definition) is 4. The maximum atomic E-state index is 6.10. The first kappa shape index (κ1) is 13.3. The maximum Gasteiger partial charge on any atom is 0.160 e. The molecule has 19 heavy (non-hydrogen) atoms. The van der Waals surface area contributed by atoms with Crippen LogP contribution >= 0.6 is 11.6 Å². The van der Waals surface area contributed by atoms with Crippen LogP contribution in [0, 0.1) is 5.92 Å². The largest absolute Gasteiger partial charge is 0.350 e. The van der Waals surface area contributed by atoms with Gasteiger partial charge >= 0.3 is 0 Å². The first-order valence-electron chi connectivity index (χ1n) is 6.88. The van der Waals surface area contributed by atoms with Crippen LogP contribution in [0.3, 0.4) is 0 Å². The lowest BCUT2D eigenvalue weighted by Crippen LogP contribution is -2.37. The Balaban J connectivity index is 1.51. The number of rotatable bonds is 3. The fourth-order valence-corrected chi connectivity index (χ4v) is 2.99. The number of nitrogens with zero attached hydrogens (tertiary/aromatic N) is 2. The van der Waals surface area contributed by atoms with E-state index in [2.05, 4.69) is 9.88 Å². The molecule has 2 aliphatic heterocycles. The van der Waals surface area contributed by atoms with Crippen LogP contribution in [-0.4, -0.2) is 42.5 Å². The molecule has 3 heterocycles. The molecule has 2 fully saturated rings. The van der Waals surface area contributed by atoms with Crippen LogP contribution in [0.15, 0.2) is 18.3 Å². The smallest absolute Gasteiger partial charge is 0.160 e. The molecule has 0 bridgehead atoms. The van der Waals surface area contributed by atoms with Gasteiger partial charge in [0, 0.05) is 24.2 Å². The Morgan fingerprint density at radius 1 is 1.26 bits per heavy atom. The molecule has 0 aliphatic carbocycles. The zero-order valence-corrected chi connectivity index (χ0v) is 11.7. The van der Waals surface area contributed by atoms with E-state index >= 15 is 0 Å². The van der Waals surface area contributed by atoms with Gasteiger partial charge in [0.2, 0.25) is 0 Å². The summed E-state index contributed by atoms with van der Waals surface area (Å²) in [5, 5.41) is 0.618. The topological polar surface area (TPSA) is 34.6 Å². The summed E-state index contributed by atoms with van der Waals surface area (Å²) in [5.41, 5.74) is 1.11. The van der Waals surface area contributed by atoms with Gasteiger partial charge in [0.25, 0.3) is 0 Å². The first-order chi connectivity index (χ1) is 9.33. The molecule has 2 saturated heterocycles.